The second kappa shape index (κ2) is 8.35. The summed E-state index contributed by atoms with van der Waals surface area (Å²) in [5, 5.41) is 12.5. The molecule has 0 aliphatic carbocycles. The van der Waals surface area contributed by atoms with E-state index in [4.69, 9.17) is 4.74 Å². The first kappa shape index (κ1) is 19.1. The second-order valence-corrected chi connectivity index (χ2v) is 7.18. The highest BCUT2D eigenvalue weighted by atomic mass is 32.2. The number of Topliss-reactive ketones (excluding diaryl/α,β-unsaturated/α-hetero) is 1. The number of hydrogen-bond acceptors (Lipinski definition) is 6. The van der Waals surface area contributed by atoms with Gasteiger partial charge in [0.2, 0.25) is 5.16 Å². The number of ether oxygens (including phenoxy) is 1. The molecule has 0 amide bonds. The molecule has 6 nitrogen and oxygen atoms in total. The van der Waals surface area contributed by atoms with Crippen molar-refractivity contribution in [2.45, 2.75) is 32.9 Å². The monoisotopic (exact) mass is 382 g/mol. The number of aromatic nitrogens is 4. The lowest BCUT2D eigenvalue weighted by atomic mass is 9.99. The second-order valence-electron chi connectivity index (χ2n) is 6.24. The van der Waals surface area contributed by atoms with Crippen LogP contribution in [-0.2, 0) is 0 Å². The molecule has 0 N–H and O–H groups in total. The fourth-order valence-corrected chi connectivity index (χ4v) is 3.57. The normalized spacial score (nSPS) is 10.8. The number of carbonyl (C=O) groups is 1. The van der Waals surface area contributed by atoms with Crippen LogP contribution < -0.4 is 4.74 Å². The maximum atomic E-state index is 12.7. The number of benzene rings is 2. The van der Waals surface area contributed by atoms with E-state index in [1.165, 1.54) is 17.3 Å². The third-order valence-electron chi connectivity index (χ3n) is 4.31. The molecule has 2 aromatic carbocycles. The van der Waals surface area contributed by atoms with Crippen molar-refractivity contribution in [1.29, 1.82) is 0 Å². The van der Waals surface area contributed by atoms with Gasteiger partial charge in [-0.3, -0.25) is 4.79 Å². The molecule has 0 spiro atoms. The third-order valence-corrected chi connectivity index (χ3v) is 5.23. The molecule has 0 radical (unpaired) electrons. The van der Waals surface area contributed by atoms with E-state index >= 15 is 0 Å². The van der Waals surface area contributed by atoms with E-state index in [2.05, 4.69) is 28.5 Å². The zero-order chi connectivity index (χ0) is 19.4. The summed E-state index contributed by atoms with van der Waals surface area (Å²) in [6.07, 6.45) is 0. The minimum atomic E-state index is 0.0632. The number of aryl methyl sites for hydroxylation is 3. The largest absolute Gasteiger partial charge is 0.492 e. The van der Waals surface area contributed by atoms with Crippen LogP contribution in [0, 0.1) is 20.8 Å². The topological polar surface area (TPSA) is 69.9 Å². The van der Waals surface area contributed by atoms with E-state index in [0.29, 0.717) is 17.5 Å². The molecule has 7 heteroatoms. The van der Waals surface area contributed by atoms with Crippen molar-refractivity contribution in [3.8, 4) is 11.4 Å². The zero-order valence-electron chi connectivity index (χ0n) is 15.9. The fraction of sp³-hybridized carbons (Fsp3) is 0.300. The summed E-state index contributed by atoms with van der Waals surface area (Å²) >= 11 is 1.32. The van der Waals surface area contributed by atoms with Gasteiger partial charge in [0.25, 0.3) is 0 Å². The van der Waals surface area contributed by atoms with E-state index in [1.807, 2.05) is 51.1 Å². The first-order valence-corrected chi connectivity index (χ1v) is 9.74. The van der Waals surface area contributed by atoms with Crippen molar-refractivity contribution in [2.24, 2.45) is 0 Å². The van der Waals surface area contributed by atoms with Crippen molar-refractivity contribution in [3.63, 3.8) is 0 Å². The average molecular weight is 382 g/mol. The summed E-state index contributed by atoms with van der Waals surface area (Å²) in [6, 6.07) is 11.6. The van der Waals surface area contributed by atoms with Gasteiger partial charge in [-0.2, -0.15) is 4.68 Å². The van der Waals surface area contributed by atoms with Crippen molar-refractivity contribution in [2.75, 3.05) is 12.4 Å². The molecular weight excluding hydrogens is 360 g/mol. The smallest absolute Gasteiger partial charge is 0.214 e. The maximum Gasteiger partial charge on any atom is 0.214 e. The Kier molecular flexibility index (Phi) is 5.91. The SMILES string of the molecule is CCOc1ccccc1-n1nnnc1SCC(=O)c1cc(C)c(C)cc1C. The number of tetrazole rings is 1. The van der Waals surface area contributed by atoms with E-state index in [-0.39, 0.29) is 11.5 Å². The van der Waals surface area contributed by atoms with Gasteiger partial charge in [0.1, 0.15) is 11.4 Å². The number of thioether (sulfide) groups is 1. The van der Waals surface area contributed by atoms with E-state index in [0.717, 1.165) is 22.4 Å². The van der Waals surface area contributed by atoms with E-state index < -0.39 is 0 Å². The molecule has 0 atom stereocenters. The Morgan fingerprint density at radius 2 is 1.85 bits per heavy atom. The summed E-state index contributed by atoms with van der Waals surface area (Å²) in [5.41, 5.74) is 4.79. The third kappa shape index (κ3) is 4.19. The molecule has 140 valence electrons. The summed E-state index contributed by atoms with van der Waals surface area (Å²) in [6.45, 7) is 8.51. The van der Waals surface area contributed by atoms with Gasteiger partial charge < -0.3 is 4.74 Å². The fourth-order valence-electron chi connectivity index (χ4n) is 2.80. The van der Waals surface area contributed by atoms with Crippen LogP contribution in [0.3, 0.4) is 0 Å². The number of nitrogens with zero attached hydrogens (tertiary/aromatic N) is 4. The minimum Gasteiger partial charge on any atom is -0.492 e. The summed E-state index contributed by atoms with van der Waals surface area (Å²) in [5.74, 6) is 1.03. The van der Waals surface area contributed by atoms with Crippen LogP contribution in [0.5, 0.6) is 5.75 Å². The van der Waals surface area contributed by atoms with Crippen LogP contribution in [0.4, 0.5) is 0 Å². The van der Waals surface area contributed by atoms with Gasteiger partial charge in [-0.1, -0.05) is 30.0 Å². The predicted molar refractivity (Wildman–Crippen MR) is 106 cm³/mol. The zero-order valence-corrected chi connectivity index (χ0v) is 16.7. The molecule has 27 heavy (non-hydrogen) atoms. The first-order chi connectivity index (χ1) is 13.0. The number of ketones is 1. The highest BCUT2D eigenvalue weighted by molar-refractivity contribution is 7.99. The van der Waals surface area contributed by atoms with Gasteiger partial charge in [0.15, 0.2) is 5.78 Å². The van der Waals surface area contributed by atoms with Crippen LogP contribution in [0.25, 0.3) is 5.69 Å². The molecule has 3 aromatic rings. The van der Waals surface area contributed by atoms with Gasteiger partial charge in [-0.25, -0.2) is 0 Å². The Morgan fingerprint density at radius 1 is 1.11 bits per heavy atom. The summed E-state index contributed by atoms with van der Waals surface area (Å²) < 4.78 is 7.27. The van der Waals surface area contributed by atoms with Gasteiger partial charge >= 0.3 is 0 Å². The number of hydrogen-bond donors (Lipinski definition) is 0. The van der Waals surface area contributed by atoms with Gasteiger partial charge in [-0.05, 0) is 73.0 Å². The molecule has 0 saturated carbocycles. The van der Waals surface area contributed by atoms with E-state index in [9.17, 15) is 4.79 Å². The quantitative estimate of drug-likeness (QED) is 0.455. The summed E-state index contributed by atoms with van der Waals surface area (Å²) in [4.78, 5) is 12.7. The summed E-state index contributed by atoms with van der Waals surface area (Å²) in [7, 11) is 0. The molecule has 0 aliphatic rings. The Balaban J connectivity index is 1.80. The molecule has 0 unspecified atom stereocenters. The molecule has 0 fully saturated rings. The van der Waals surface area contributed by atoms with Crippen molar-refractivity contribution >= 4 is 17.5 Å². The standard InChI is InChI=1S/C20H22N4O2S/c1-5-26-19-9-7-6-8-17(19)24-20(21-22-23-24)27-12-18(25)16-11-14(3)13(2)10-15(16)4/h6-11H,5,12H2,1-4H3. The van der Waals surface area contributed by atoms with Gasteiger partial charge in [0.05, 0.1) is 12.4 Å². The van der Waals surface area contributed by atoms with Crippen LogP contribution in [0.1, 0.15) is 34.0 Å². The van der Waals surface area contributed by atoms with Crippen molar-refractivity contribution in [3.05, 3.63) is 58.7 Å². The minimum absolute atomic E-state index is 0.0632. The number of rotatable bonds is 7. The molecule has 3 rings (SSSR count). The van der Waals surface area contributed by atoms with E-state index in [1.54, 1.807) is 4.68 Å². The Labute approximate surface area is 162 Å². The first-order valence-electron chi connectivity index (χ1n) is 8.75. The van der Waals surface area contributed by atoms with Crippen LogP contribution in [-0.4, -0.2) is 38.4 Å². The highest BCUT2D eigenvalue weighted by Gasteiger charge is 2.17. The maximum absolute atomic E-state index is 12.7. The molecule has 0 bridgehead atoms. The lowest BCUT2D eigenvalue weighted by molar-refractivity contribution is 0.102. The Morgan fingerprint density at radius 3 is 2.63 bits per heavy atom. The number of para-hydroxylation sites is 2. The Bertz CT molecular complexity index is 968. The van der Waals surface area contributed by atoms with Gasteiger partial charge in [-0.15, -0.1) is 5.10 Å². The Hall–Kier alpha value is -2.67. The average Bonchev–Trinajstić information content (AvgIpc) is 3.12. The van der Waals surface area contributed by atoms with Gasteiger partial charge in [0, 0.05) is 5.56 Å². The predicted octanol–water partition coefficient (Wildman–Crippen LogP) is 3.96. The van der Waals surface area contributed by atoms with Crippen LogP contribution >= 0.6 is 11.8 Å². The van der Waals surface area contributed by atoms with Crippen molar-refractivity contribution in [1.82, 2.24) is 20.2 Å². The molecule has 0 aliphatic heterocycles. The highest BCUT2D eigenvalue weighted by Crippen LogP contribution is 2.26. The lowest BCUT2D eigenvalue weighted by Gasteiger charge is -2.11. The molecular formula is C20H22N4O2S. The van der Waals surface area contributed by atoms with Crippen LogP contribution in [0.15, 0.2) is 41.6 Å². The lowest BCUT2D eigenvalue weighted by Crippen LogP contribution is -2.08. The van der Waals surface area contributed by atoms with Crippen molar-refractivity contribution < 1.29 is 9.53 Å². The van der Waals surface area contributed by atoms with Crippen LogP contribution in [0.2, 0.25) is 0 Å². The molecule has 1 aromatic heterocycles. The molecule has 0 saturated heterocycles. The number of carbonyl (C=O) groups excluding carboxylic acids is 1. The molecule has 1 heterocycles.